The molecule has 1 fully saturated rings. The Balaban J connectivity index is 1.91. The minimum Gasteiger partial charge on any atom is -0.392 e. The molecule has 3 rings (SSSR count). The lowest BCUT2D eigenvalue weighted by Crippen LogP contribution is -2.57. The van der Waals surface area contributed by atoms with Crippen molar-refractivity contribution < 1.29 is 27.9 Å². The number of carbonyl (C=O) groups is 2. The van der Waals surface area contributed by atoms with Crippen LogP contribution in [0.5, 0.6) is 0 Å². The van der Waals surface area contributed by atoms with Crippen molar-refractivity contribution in [2.75, 3.05) is 13.1 Å². The fourth-order valence-electron chi connectivity index (χ4n) is 4.29. The van der Waals surface area contributed by atoms with E-state index in [4.69, 9.17) is 0 Å². The number of hydrogen-bond donors (Lipinski definition) is 2. The van der Waals surface area contributed by atoms with Crippen molar-refractivity contribution in [2.45, 2.75) is 64.4 Å². The van der Waals surface area contributed by atoms with Gasteiger partial charge in [-0.3, -0.25) is 15.0 Å². The second-order valence-electron chi connectivity index (χ2n) is 9.33. The molecule has 186 valence electrons. The normalized spacial score (nSPS) is 18.5. The van der Waals surface area contributed by atoms with Gasteiger partial charge in [-0.15, -0.1) is 0 Å². The van der Waals surface area contributed by atoms with Crippen LogP contribution in [-0.2, 0) is 16.1 Å². The van der Waals surface area contributed by atoms with Gasteiger partial charge >= 0.3 is 12.1 Å². The zero-order valence-corrected chi connectivity index (χ0v) is 19.5. The molecular formula is C25H32F3N3O3. The van der Waals surface area contributed by atoms with Crippen LogP contribution < -0.4 is 5.43 Å². The number of alkyl halides is 3. The third-order valence-corrected chi connectivity index (χ3v) is 5.96. The lowest BCUT2D eigenvalue weighted by atomic mass is 10.00. The molecule has 1 aliphatic rings. The van der Waals surface area contributed by atoms with Gasteiger partial charge in [0.25, 0.3) is 5.91 Å². The molecule has 2 atom stereocenters. The molecular weight excluding hydrogens is 447 g/mol. The van der Waals surface area contributed by atoms with Gasteiger partial charge < -0.3 is 10.0 Å². The van der Waals surface area contributed by atoms with Crippen LogP contribution in [0.15, 0.2) is 42.5 Å². The van der Waals surface area contributed by atoms with Crippen LogP contribution in [-0.4, -0.2) is 58.2 Å². The molecule has 2 aromatic rings. The summed E-state index contributed by atoms with van der Waals surface area (Å²) in [6, 6.07) is 11.3. The Morgan fingerprint density at radius 1 is 1.15 bits per heavy atom. The largest absolute Gasteiger partial charge is 0.471 e. The smallest absolute Gasteiger partial charge is 0.392 e. The molecule has 0 bridgehead atoms. The second-order valence-corrected chi connectivity index (χ2v) is 9.33. The summed E-state index contributed by atoms with van der Waals surface area (Å²) in [5, 5.41) is 13.3. The molecule has 1 saturated heterocycles. The van der Waals surface area contributed by atoms with Crippen molar-refractivity contribution >= 4 is 22.6 Å². The molecule has 1 heterocycles. The Hall–Kier alpha value is -2.65. The Kier molecular flexibility index (Phi) is 8.54. The average molecular weight is 480 g/mol. The SMILES string of the molecule is CC(C)CC(C(=O)NN1CCCC[C@H](O)C1)N(Cc1ccc2ccccc2c1)C(=O)C(F)(F)F. The molecule has 0 radical (unpaired) electrons. The maximum Gasteiger partial charge on any atom is 0.471 e. The number of benzene rings is 2. The lowest BCUT2D eigenvalue weighted by Gasteiger charge is -2.34. The number of aliphatic hydroxyl groups is 1. The van der Waals surface area contributed by atoms with Crippen molar-refractivity contribution in [1.29, 1.82) is 0 Å². The number of nitrogens with zero attached hydrogens (tertiary/aromatic N) is 2. The van der Waals surface area contributed by atoms with Gasteiger partial charge in [0.15, 0.2) is 0 Å². The van der Waals surface area contributed by atoms with Crippen LogP contribution in [0.4, 0.5) is 13.2 Å². The average Bonchev–Trinajstić information content (AvgIpc) is 2.98. The number of aliphatic hydroxyl groups excluding tert-OH is 1. The maximum absolute atomic E-state index is 13.6. The molecule has 0 saturated carbocycles. The van der Waals surface area contributed by atoms with Crippen molar-refractivity contribution in [3.05, 3.63) is 48.0 Å². The van der Waals surface area contributed by atoms with E-state index < -0.39 is 30.1 Å². The van der Waals surface area contributed by atoms with E-state index in [9.17, 15) is 27.9 Å². The molecule has 2 N–H and O–H groups in total. The first-order chi connectivity index (χ1) is 16.0. The highest BCUT2D eigenvalue weighted by Crippen LogP contribution is 2.26. The van der Waals surface area contributed by atoms with Gasteiger partial charge in [-0.2, -0.15) is 13.2 Å². The van der Waals surface area contributed by atoms with Gasteiger partial charge in [0, 0.05) is 19.6 Å². The van der Waals surface area contributed by atoms with E-state index in [1.54, 1.807) is 37.1 Å². The predicted molar refractivity (Wildman–Crippen MR) is 123 cm³/mol. The fourth-order valence-corrected chi connectivity index (χ4v) is 4.29. The van der Waals surface area contributed by atoms with Crippen LogP contribution in [0.3, 0.4) is 0 Å². The highest BCUT2D eigenvalue weighted by atomic mass is 19.4. The summed E-state index contributed by atoms with van der Waals surface area (Å²) in [7, 11) is 0. The van der Waals surface area contributed by atoms with Crippen molar-refractivity contribution in [3.63, 3.8) is 0 Å². The molecule has 6 nitrogen and oxygen atoms in total. The van der Waals surface area contributed by atoms with E-state index in [1.807, 2.05) is 24.3 Å². The third-order valence-electron chi connectivity index (χ3n) is 5.96. The number of halogens is 3. The predicted octanol–water partition coefficient (Wildman–Crippen LogP) is 4.02. The number of rotatable bonds is 7. The Labute approximate surface area is 197 Å². The molecule has 2 amide bonds. The molecule has 2 aromatic carbocycles. The van der Waals surface area contributed by atoms with Gasteiger partial charge in [0.1, 0.15) is 6.04 Å². The molecule has 0 spiro atoms. The molecule has 1 aliphatic heterocycles. The molecule has 0 aromatic heterocycles. The molecule has 0 aliphatic carbocycles. The van der Waals surface area contributed by atoms with E-state index >= 15 is 0 Å². The quantitative estimate of drug-likeness (QED) is 0.629. The molecule has 9 heteroatoms. The monoisotopic (exact) mass is 479 g/mol. The fraction of sp³-hybridized carbons (Fsp3) is 0.520. The van der Waals surface area contributed by atoms with Gasteiger partial charge in [0.2, 0.25) is 0 Å². The van der Waals surface area contributed by atoms with E-state index in [0.717, 1.165) is 23.6 Å². The van der Waals surface area contributed by atoms with Gasteiger partial charge in [-0.1, -0.05) is 50.2 Å². The second kappa shape index (κ2) is 11.2. The number of nitrogens with one attached hydrogen (secondary N) is 1. The third kappa shape index (κ3) is 6.93. The van der Waals surface area contributed by atoms with Crippen LogP contribution in [0.25, 0.3) is 10.8 Å². The summed E-state index contributed by atoms with van der Waals surface area (Å²) in [6.45, 7) is 3.91. The highest BCUT2D eigenvalue weighted by Gasteiger charge is 2.46. The summed E-state index contributed by atoms with van der Waals surface area (Å²) >= 11 is 0. The maximum atomic E-state index is 13.6. The van der Waals surface area contributed by atoms with E-state index in [1.165, 1.54) is 0 Å². The minimum absolute atomic E-state index is 0.0671. The van der Waals surface area contributed by atoms with Gasteiger partial charge in [-0.05, 0) is 54.0 Å². The summed E-state index contributed by atoms with van der Waals surface area (Å²) in [5.74, 6) is -2.86. The summed E-state index contributed by atoms with van der Waals surface area (Å²) in [5.41, 5.74) is 3.17. The van der Waals surface area contributed by atoms with Gasteiger partial charge in [0.05, 0.1) is 6.10 Å². The van der Waals surface area contributed by atoms with Crippen LogP contribution in [0.1, 0.15) is 45.1 Å². The minimum atomic E-state index is -5.12. The zero-order valence-electron chi connectivity index (χ0n) is 19.5. The van der Waals surface area contributed by atoms with Crippen LogP contribution in [0.2, 0.25) is 0 Å². The van der Waals surface area contributed by atoms with E-state index in [-0.39, 0.29) is 25.4 Å². The first-order valence-corrected chi connectivity index (χ1v) is 11.6. The lowest BCUT2D eigenvalue weighted by molar-refractivity contribution is -0.190. The molecule has 34 heavy (non-hydrogen) atoms. The van der Waals surface area contributed by atoms with E-state index in [0.29, 0.717) is 23.4 Å². The summed E-state index contributed by atoms with van der Waals surface area (Å²) in [4.78, 5) is 26.4. The summed E-state index contributed by atoms with van der Waals surface area (Å²) in [6.07, 6.45) is -3.54. The summed E-state index contributed by atoms with van der Waals surface area (Å²) < 4.78 is 40.8. The Morgan fingerprint density at radius 3 is 2.53 bits per heavy atom. The first kappa shape index (κ1) is 26.0. The van der Waals surface area contributed by atoms with Crippen LogP contribution >= 0.6 is 0 Å². The number of fused-ring (bicyclic) bond motifs is 1. The van der Waals surface area contributed by atoms with Crippen molar-refractivity contribution in [2.24, 2.45) is 5.92 Å². The standard InChI is InChI=1S/C25H32F3N3O3/c1-17(2)13-22(23(33)29-30-12-6-5-9-21(32)16-30)31(24(34)25(26,27)28)15-18-10-11-19-7-3-4-8-20(19)14-18/h3-4,7-8,10-11,14,17,21-22,32H,5-6,9,12-13,15-16H2,1-2H3,(H,29,33)/t21-,22?/m0/s1. The van der Waals surface area contributed by atoms with Gasteiger partial charge in [-0.25, -0.2) is 5.01 Å². The number of amides is 2. The van der Waals surface area contributed by atoms with Crippen molar-refractivity contribution in [1.82, 2.24) is 15.3 Å². The number of hydrogen-bond acceptors (Lipinski definition) is 4. The highest BCUT2D eigenvalue weighted by molar-refractivity contribution is 5.90. The van der Waals surface area contributed by atoms with E-state index in [2.05, 4.69) is 5.43 Å². The van der Waals surface area contributed by atoms with Crippen molar-refractivity contribution in [3.8, 4) is 0 Å². The number of hydrazine groups is 1. The molecule has 1 unspecified atom stereocenters. The van der Waals surface area contributed by atoms with Crippen LogP contribution in [0, 0.1) is 5.92 Å². The Morgan fingerprint density at radius 2 is 1.85 bits per heavy atom. The zero-order chi connectivity index (χ0) is 24.9. The first-order valence-electron chi connectivity index (χ1n) is 11.6. The number of β-amino-alcohol motifs (C(OH)–C–C–N with tert-alkyl or cyclic N) is 1. The topological polar surface area (TPSA) is 72.9 Å². The number of carbonyl (C=O) groups excluding carboxylic acids is 2. The Bertz CT molecular complexity index is 996.